The molecule has 0 amide bonds. The van der Waals surface area contributed by atoms with Crippen molar-refractivity contribution in [2.45, 2.75) is 16.7 Å². The maximum Gasteiger partial charge on any atom is 0.270 e. The minimum absolute atomic E-state index is 0.0667. The number of hydrogen-bond acceptors (Lipinski definition) is 7. The Kier molecular flexibility index (Phi) is 6.81. The second kappa shape index (κ2) is 9.93. The van der Waals surface area contributed by atoms with E-state index in [2.05, 4.69) is 10.2 Å². The average Bonchev–Trinajstić information content (AvgIpc) is 3.22. The highest BCUT2D eigenvalue weighted by atomic mass is 35.5. The van der Waals surface area contributed by atoms with Crippen molar-refractivity contribution >= 4 is 34.7 Å². The molecule has 8 nitrogen and oxygen atoms in total. The van der Waals surface area contributed by atoms with Crippen molar-refractivity contribution in [3.63, 3.8) is 0 Å². The highest BCUT2D eigenvalue weighted by Gasteiger charge is 2.18. The molecule has 0 fully saturated rings. The van der Waals surface area contributed by atoms with E-state index >= 15 is 0 Å². The third-order valence-corrected chi connectivity index (χ3v) is 6.19. The van der Waals surface area contributed by atoms with Crippen molar-refractivity contribution in [2.75, 3.05) is 19.0 Å². The number of anilines is 1. The summed E-state index contributed by atoms with van der Waals surface area (Å²) in [6.07, 6.45) is 0. The molecule has 0 aliphatic rings. The minimum Gasteiger partial charge on any atom is -0.486 e. The molecule has 1 heterocycles. The molecule has 0 atom stereocenters. The lowest BCUT2D eigenvalue weighted by atomic mass is 10.3. The van der Waals surface area contributed by atoms with Crippen molar-refractivity contribution in [1.82, 2.24) is 14.8 Å². The number of rotatable bonds is 8. The Morgan fingerprint density at radius 3 is 2.55 bits per heavy atom. The van der Waals surface area contributed by atoms with Crippen LogP contribution in [0.3, 0.4) is 0 Å². The first-order valence-electron chi connectivity index (χ1n) is 9.94. The smallest absolute Gasteiger partial charge is 0.270 e. The molecule has 0 bridgehead atoms. The third kappa shape index (κ3) is 5.27. The number of nitrogens with zero attached hydrogens (tertiary/aromatic N) is 5. The van der Waals surface area contributed by atoms with Gasteiger partial charge in [-0.3, -0.25) is 14.7 Å². The lowest BCUT2D eigenvalue weighted by Gasteiger charge is -2.14. The minimum atomic E-state index is -0.479. The van der Waals surface area contributed by atoms with Gasteiger partial charge in [0.1, 0.15) is 12.4 Å². The van der Waals surface area contributed by atoms with E-state index in [0.29, 0.717) is 15.9 Å². The lowest BCUT2D eigenvalue weighted by molar-refractivity contribution is -0.384. The maximum atomic E-state index is 11.0. The Morgan fingerprint density at radius 2 is 1.85 bits per heavy atom. The Hall–Kier alpha value is -3.56. The Balaban J connectivity index is 1.64. The monoisotopic (exact) mass is 481 g/mol. The first-order chi connectivity index (χ1) is 15.9. The number of benzene rings is 3. The molecule has 3 aromatic carbocycles. The molecule has 4 aromatic rings. The van der Waals surface area contributed by atoms with Crippen molar-refractivity contribution in [2.24, 2.45) is 0 Å². The Bertz CT molecular complexity index is 1280. The van der Waals surface area contributed by atoms with Gasteiger partial charge >= 0.3 is 0 Å². The standard InChI is InChI=1S/C23H20ClN5O3S/c1-27(2)17-9-6-10-19(13-17)32-15-22-25-26-23(28(22)16-7-4-3-5-8-16)33-21-12-11-18(29(30)31)14-20(21)24/h3-14H,15H2,1-2H3. The zero-order chi connectivity index (χ0) is 23.4. The second-order valence-electron chi connectivity index (χ2n) is 7.22. The molecule has 0 aliphatic heterocycles. The van der Waals surface area contributed by atoms with Gasteiger partial charge in [0.25, 0.3) is 5.69 Å². The van der Waals surface area contributed by atoms with Crippen LogP contribution >= 0.6 is 23.4 Å². The number of halogens is 1. The predicted molar refractivity (Wildman–Crippen MR) is 129 cm³/mol. The van der Waals surface area contributed by atoms with Crippen LogP contribution < -0.4 is 9.64 Å². The third-order valence-electron chi connectivity index (χ3n) is 4.74. The van der Waals surface area contributed by atoms with Gasteiger partial charge in [-0.15, -0.1) is 10.2 Å². The number of para-hydroxylation sites is 1. The van der Waals surface area contributed by atoms with Gasteiger partial charge in [0.15, 0.2) is 5.82 Å². The topological polar surface area (TPSA) is 86.3 Å². The zero-order valence-corrected chi connectivity index (χ0v) is 19.5. The van der Waals surface area contributed by atoms with Crippen LogP contribution in [0.5, 0.6) is 5.75 Å². The van der Waals surface area contributed by atoms with E-state index in [4.69, 9.17) is 16.3 Å². The molecule has 0 unspecified atom stereocenters. The van der Waals surface area contributed by atoms with Gasteiger partial charge in [-0.2, -0.15) is 0 Å². The molecule has 4 rings (SSSR count). The SMILES string of the molecule is CN(C)c1cccc(OCc2nnc(Sc3ccc([N+](=O)[O-])cc3Cl)n2-c2ccccc2)c1. The molecule has 0 aliphatic carbocycles. The maximum absolute atomic E-state index is 11.0. The van der Waals surface area contributed by atoms with Crippen LogP contribution in [0.1, 0.15) is 5.82 Å². The van der Waals surface area contributed by atoms with Crippen LogP contribution in [0.25, 0.3) is 5.69 Å². The summed E-state index contributed by atoms with van der Waals surface area (Å²) in [5.41, 5.74) is 1.83. The fourth-order valence-electron chi connectivity index (χ4n) is 3.08. The highest BCUT2D eigenvalue weighted by Crippen LogP contribution is 2.36. The van der Waals surface area contributed by atoms with Crippen molar-refractivity contribution in [3.8, 4) is 11.4 Å². The van der Waals surface area contributed by atoms with Gasteiger partial charge in [-0.25, -0.2) is 0 Å². The van der Waals surface area contributed by atoms with Crippen molar-refractivity contribution in [1.29, 1.82) is 0 Å². The van der Waals surface area contributed by atoms with E-state index in [-0.39, 0.29) is 17.3 Å². The van der Waals surface area contributed by atoms with E-state index in [1.54, 1.807) is 6.07 Å². The normalized spacial score (nSPS) is 10.8. The number of aromatic nitrogens is 3. The van der Waals surface area contributed by atoms with Crippen molar-refractivity contribution in [3.05, 3.63) is 93.8 Å². The fourth-order valence-corrected chi connectivity index (χ4v) is 4.24. The summed E-state index contributed by atoms with van der Waals surface area (Å²) in [5.74, 6) is 1.33. The van der Waals surface area contributed by atoms with Crippen LogP contribution in [-0.2, 0) is 6.61 Å². The summed E-state index contributed by atoms with van der Waals surface area (Å²) in [7, 11) is 3.94. The van der Waals surface area contributed by atoms with Crippen molar-refractivity contribution < 1.29 is 9.66 Å². The molecule has 33 heavy (non-hydrogen) atoms. The Labute approximate surface area is 199 Å². The van der Waals surface area contributed by atoms with Gasteiger partial charge < -0.3 is 9.64 Å². The number of non-ortho nitro benzene ring substituents is 1. The fraction of sp³-hybridized carbons (Fsp3) is 0.130. The largest absolute Gasteiger partial charge is 0.486 e. The summed E-state index contributed by atoms with van der Waals surface area (Å²) in [6.45, 7) is 0.202. The molecule has 0 spiro atoms. The molecule has 0 radical (unpaired) electrons. The van der Waals surface area contributed by atoms with Crippen LogP contribution in [0.2, 0.25) is 5.02 Å². The number of ether oxygens (including phenoxy) is 1. The van der Waals surface area contributed by atoms with Crippen LogP contribution in [-0.4, -0.2) is 33.8 Å². The summed E-state index contributed by atoms with van der Waals surface area (Å²) >= 11 is 7.58. The van der Waals surface area contributed by atoms with Crippen LogP contribution in [0, 0.1) is 10.1 Å². The van der Waals surface area contributed by atoms with Crippen LogP contribution in [0.15, 0.2) is 82.8 Å². The number of nitro groups is 1. The molecule has 0 saturated heterocycles. The molecule has 1 aromatic heterocycles. The van der Waals surface area contributed by atoms with E-state index < -0.39 is 4.92 Å². The first kappa shape index (κ1) is 22.6. The molecular weight excluding hydrogens is 462 g/mol. The Morgan fingerprint density at radius 1 is 1.06 bits per heavy atom. The van der Waals surface area contributed by atoms with Gasteiger partial charge in [0, 0.05) is 48.6 Å². The zero-order valence-electron chi connectivity index (χ0n) is 17.9. The van der Waals surface area contributed by atoms with E-state index in [1.165, 1.54) is 23.9 Å². The number of hydrogen-bond donors (Lipinski definition) is 0. The molecule has 10 heteroatoms. The lowest BCUT2D eigenvalue weighted by Crippen LogP contribution is -2.09. The number of nitro benzene ring substituents is 1. The second-order valence-corrected chi connectivity index (χ2v) is 8.64. The summed E-state index contributed by atoms with van der Waals surface area (Å²) in [6, 6.07) is 21.8. The van der Waals surface area contributed by atoms with E-state index in [0.717, 1.165) is 17.1 Å². The van der Waals surface area contributed by atoms with Gasteiger partial charge in [-0.1, -0.05) is 35.9 Å². The van der Waals surface area contributed by atoms with E-state index in [1.807, 2.05) is 78.2 Å². The first-order valence-corrected chi connectivity index (χ1v) is 11.1. The summed E-state index contributed by atoms with van der Waals surface area (Å²) in [4.78, 5) is 13.2. The molecule has 0 saturated carbocycles. The quantitative estimate of drug-likeness (QED) is 0.238. The van der Waals surface area contributed by atoms with Gasteiger partial charge in [0.2, 0.25) is 5.16 Å². The average molecular weight is 482 g/mol. The summed E-state index contributed by atoms with van der Waals surface area (Å²) in [5, 5.41) is 20.5. The predicted octanol–water partition coefficient (Wildman–Crippen LogP) is 5.63. The van der Waals surface area contributed by atoms with Gasteiger partial charge in [-0.05, 0) is 42.1 Å². The molecule has 0 N–H and O–H groups in total. The van der Waals surface area contributed by atoms with E-state index in [9.17, 15) is 10.1 Å². The highest BCUT2D eigenvalue weighted by molar-refractivity contribution is 7.99. The van der Waals surface area contributed by atoms with Crippen LogP contribution in [0.4, 0.5) is 11.4 Å². The summed E-state index contributed by atoms with van der Waals surface area (Å²) < 4.78 is 7.90. The molecule has 168 valence electrons. The van der Waals surface area contributed by atoms with Gasteiger partial charge in [0.05, 0.1) is 9.95 Å². The molecular formula is C23H20ClN5O3S.